The van der Waals surface area contributed by atoms with E-state index in [0.29, 0.717) is 23.8 Å². The molecule has 0 aliphatic carbocycles. The summed E-state index contributed by atoms with van der Waals surface area (Å²) in [4.78, 5) is 18.0. The fourth-order valence-electron chi connectivity index (χ4n) is 4.07. The summed E-state index contributed by atoms with van der Waals surface area (Å²) in [7, 11) is 0. The van der Waals surface area contributed by atoms with E-state index in [-0.39, 0.29) is 11.7 Å². The summed E-state index contributed by atoms with van der Waals surface area (Å²) >= 11 is 5.80. The zero-order chi connectivity index (χ0) is 22.0. The minimum absolute atomic E-state index is 0.0753. The first-order valence-corrected chi connectivity index (χ1v) is 11.2. The first-order chi connectivity index (χ1) is 14.9. The van der Waals surface area contributed by atoms with Gasteiger partial charge in [0.15, 0.2) is 5.11 Å². The Bertz CT molecular complexity index is 1170. The molecule has 1 unspecified atom stereocenters. The molecule has 1 aliphatic rings. The number of fused-ring (bicyclic) bond motifs is 1. The van der Waals surface area contributed by atoms with Gasteiger partial charge in [-0.05, 0) is 80.0 Å². The maximum absolute atomic E-state index is 12.9. The van der Waals surface area contributed by atoms with Gasteiger partial charge in [-0.2, -0.15) is 0 Å². The fraction of sp³-hybridized carbons (Fsp3) is 0.360. The number of nitrogens with one attached hydrogen (secondary N) is 2. The Morgan fingerprint density at radius 2 is 2.03 bits per heavy atom. The number of aromatic nitrogens is 1. The molecule has 0 amide bonds. The molecule has 2 heterocycles. The van der Waals surface area contributed by atoms with Crippen molar-refractivity contribution in [2.75, 3.05) is 18.5 Å². The van der Waals surface area contributed by atoms with Gasteiger partial charge < -0.3 is 19.9 Å². The molecule has 4 rings (SSSR count). The van der Waals surface area contributed by atoms with Crippen molar-refractivity contribution in [3.05, 3.63) is 75.1 Å². The predicted molar refractivity (Wildman–Crippen MR) is 131 cm³/mol. The topological polar surface area (TPSA) is 57.4 Å². The van der Waals surface area contributed by atoms with Crippen LogP contribution in [0.2, 0.25) is 0 Å². The molecular weight excluding hydrogens is 406 g/mol. The number of hydrogen-bond donors (Lipinski definition) is 2. The molecule has 6 heteroatoms. The molecule has 2 N–H and O–H groups in total. The Kier molecular flexibility index (Phi) is 6.39. The van der Waals surface area contributed by atoms with Gasteiger partial charge in [0, 0.05) is 24.4 Å². The summed E-state index contributed by atoms with van der Waals surface area (Å²) in [5.41, 5.74) is 5.86. The standard InChI is InChI=1S/C25H29N3O2S/c1-16-9-10-17(2)22(12-16)26-25(31)28(15-21-8-5-11-30-21)14-20-13-19-7-4-6-18(3)23(19)27-24(20)29/h4,6-7,9-10,12-13,21H,5,8,11,14-15H2,1-3H3,(H,26,31)(H,27,29). The monoisotopic (exact) mass is 435 g/mol. The van der Waals surface area contributed by atoms with Crippen LogP contribution < -0.4 is 10.9 Å². The number of rotatable bonds is 5. The minimum atomic E-state index is -0.0753. The predicted octanol–water partition coefficient (Wildman–Crippen LogP) is 4.83. The number of aromatic amines is 1. The van der Waals surface area contributed by atoms with E-state index in [1.807, 2.05) is 31.2 Å². The van der Waals surface area contributed by atoms with Crippen molar-refractivity contribution >= 4 is 33.9 Å². The largest absolute Gasteiger partial charge is 0.376 e. The number of aryl methyl sites for hydroxylation is 3. The minimum Gasteiger partial charge on any atom is -0.376 e. The maximum atomic E-state index is 12.9. The summed E-state index contributed by atoms with van der Waals surface area (Å²) < 4.78 is 5.87. The zero-order valence-electron chi connectivity index (χ0n) is 18.3. The summed E-state index contributed by atoms with van der Waals surface area (Å²) in [6.45, 7) is 7.99. The van der Waals surface area contributed by atoms with Crippen molar-refractivity contribution in [2.24, 2.45) is 0 Å². The molecule has 1 aliphatic heterocycles. The Morgan fingerprint density at radius 1 is 1.19 bits per heavy atom. The normalized spacial score (nSPS) is 15.9. The second-order valence-electron chi connectivity index (χ2n) is 8.43. The molecule has 1 aromatic heterocycles. The molecule has 1 fully saturated rings. The molecule has 31 heavy (non-hydrogen) atoms. The van der Waals surface area contributed by atoms with Crippen molar-refractivity contribution in [1.29, 1.82) is 0 Å². The van der Waals surface area contributed by atoms with E-state index >= 15 is 0 Å². The number of para-hydroxylation sites is 1. The lowest BCUT2D eigenvalue weighted by Crippen LogP contribution is -2.40. The third kappa shape index (κ3) is 4.97. The van der Waals surface area contributed by atoms with Crippen molar-refractivity contribution in [3.8, 4) is 0 Å². The zero-order valence-corrected chi connectivity index (χ0v) is 19.1. The van der Waals surface area contributed by atoms with Gasteiger partial charge in [-0.25, -0.2) is 0 Å². The van der Waals surface area contributed by atoms with Crippen LogP contribution in [0.25, 0.3) is 10.9 Å². The van der Waals surface area contributed by atoms with Crippen LogP contribution in [0, 0.1) is 20.8 Å². The van der Waals surface area contributed by atoms with Gasteiger partial charge in [0.25, 0.3) is 5.56 Å². The summed E-state index contributed by atoms with van der Waals surface area (Å²) in [5.74, 6) is 0. The van der Waals surface area contributed by atoms with E-state index in [2.05, 4.69) is 47.2 Å². The van der Waals surface area contributed by atoms with Crippen LogP contribution in [-0.4, -0.2) is 34.3 Å². The number of H-pyrrole nitrogens is 1. The van der Waals surface area contributed by atoms with Crippen LogP contribution in [0.5, 0.6) is 0 Å². The Hall–Kier alpha value is -2.70. The van der Waals surface area contributed by atoms with Gasteiger partial charge in [-0.15, -0.1) is 0 Å². The van der Waals surface area contributed by atoms with Gasteiger partial charge in [-0.1, -0.05) is 30.3 Å². The summed E-state index contributed by atoms with van der Waals surface area (Å²) in [6.07, 6.45) is 2.20. The number of ether oxygens (including phenoxy) is 1. The Balaban J connectivity index is 1.62. The number of pyridine rings is 1. The van der Waals surface area contributed by atoms with Gasteiger partial charge in [-0.3, -0.25) is 4.79 Å². The highest BCUT2D eigenvalue weighted by molar-refractivity contribution is 7.80. The van der Waals surface area contributed by atoms with Crippen molar-refractivity contribution in [3.63, 3.8) is 0 Å². The third-order valence-corrected chi connectivity index (χ3v) is 6.26. The molecule has 2 aromatic carbocycles. The van der Waals surface area contributed by atoms with Crippen molar-refractivity contribution in [2.45, 2.75) is 46.3 Å². The SMILES string of the molecule is Cc1ccc(C)c(NC(=S)N(Cc2cc3cccc(C)c3[nH]c2=O)CC2CCCO2)c1. The number of anilines is 1. The lowest BCUT2D eigenvalue weighted by molar-refractivity contribution is 0.0904. The number of hydrogen-bond acceptors (Lipinski definition) is 3. The Morgan fingerprint density at radius 3 is 2.81 bits per heavy atom. The van der Waals surface area contributed by atoms with E-state index in [1.165, 1.54) is 5.56 Å². The lowest BCUT2D eigenvalue weighted by Gasteiger charge is -2.28. The van der Waals surface area contributed by atoms with Crippen LogP contribution >= 0.6 is 12.2 Å². The molecule has 1 saturated heterocycles. The van der Waals surface area contributed by atoms with E-state index in [4.69, 9.17) is 17.0 Å². The Labute approximate surface area is 188 Å². The molecule has 5 nitrogen and oxygen atoms in total. The van der Waals surface area contributed by atoms with Gasteiger partial charge in [0.2, 0.25) is 0 Å². The molecule has 3 aromatic rings. The fourth-order valence-corrected chi connectivity index (χ4v) is 4.32. The molecule has 0 spiro atoms. The van der Waals surface area contributed by atoms with Crippen LogP contribution in [0.4, 0.5) is 5.69 Å². The van der Waals surface area contributed by atoms with Gasteiger partial charge in [0.05, 0.1) is 18.2 Å². The van der Waals surface area contributed by atoms with E-state index < -0.39 is 0 Å². The summed E-state index contributed by atoms with van der Waals surface area (Å²) in [6, 6.07) is 14.3. The smallest absolute Gasteiger partial charge is 0.253 e. The third-order valence-electron chi connectivity index (χ3n) is 5.90. The van der Waals surface area contributed by atoms with E-state index in [0.717, 1.165) is 47.2 Å². The molecule has 0 bridgehead atoms. The van der Waals surface area contributed by atoms with Crippen molar-refractivity contribution < 1.29 is 4.74 Å². The van der Waals surface area contributed by atoms with Crippen LogP contribution in [0.15, 0.2) is 47.3 Å². The van der Waals surface area contributed by atoms with E-state index in [1.54, 1.807) is 0 Å². The quantitative estimate of drug-likeness (QED) is 0.562. The average molecular weight is 436 g/mol. The molecular formula is C25H29N3O2S. The first kappa shape index (κ1) is 21.5. The van der Waals surface area contributed by atoms with Gasteiger partial charge in [0.1, 0.15) is 0 Å². The first-order valence-electron chi connectivity index (χ1n) is 10.8. The summed E-state index contributed by atoms with van der Waals surface area (Å²) in [5, 5.41) is 5.03. The molecule has 0 radical (unpaired) electrons. The van der Waals surface area contributed by atoms with Crippen LogP contribution in [0.1, 0.15) is 35.1 Å². The number of thiocarbonyl (C=S) groups is 1. The van der Waals surface area contributed by atoms with Crippen LogP contribution in [-0.2, 0) is 11.3 Å². The van der Waals surface area contributed by atoms with Gasteiger partial charge >= 0.3 is 0 Å². The van der Waals surface area contributed by atoms with Crippen LogP contribution in [0.3, 0.4) is 0 Å². The van der Waals surface area contributed by atoms with Crippen molar-refractivity contribution in [1.82, 2.24) is 9.88 Å². The maximum Gasteiger partial charge on any atom is 0.253 e. The lowest BCUT2D eigenvalue weighted by atomic mass is 10.1. The van der Waals surface area contributed by atoms with E-state index in [9.17, 15) is 4.79 Å². The highest BCUT2D eigenvalue weighted by Crippen LogP contribution is 2.21. The molecule has 162 valence electrons. The highest BCUT2D eigenvalue weighted by Gasteiger charge is 2.22. The highest BCUT2D eigenvalue weighted by atomic mass is 32.1. The number of nitrogens with zero attached hydrogens (tertiary/aromatic N) is 1. The second kappa shape index (κ2) is 9.20. The number of benzene rings is 2. The molecule has 1 atom stereocenters. The molecule has 0 saturated carbocycles. The average Bonchev–Trinajstić information content (AvgIpc) is 3.24. The second-order valence-corrected chi connectivity index (χ2v) is 8.81.